The van der Waals surface area contributed by atoms with Gasteiger partial charge in [0, 0.05) is 6.54 Å². The quantitative estimate of drug-likeness (QED) is 0.874. The molecule has 1 atom stereocenters. The maximum Gasteiger partial charge on any atom is 0.147 e. The van der Waals surface area contributed by atoms with E-state index in [9.17, 15) is 0 Å². The Morgan fingerprint density at radius 2 is 1.82 bits per heavy atom. The van der Waals surface area contributed by atoms with Crippen molar-refractivity contribution >= 4 is 0 Å². The van der Waals surface area contributed by atoms with Gasteiger partial charge in [-0.2, -0.15) is 5.10 Å². The molecule has 4 nitrogen and oxygen atoms in total. The van der Waals surface area contributed by atoms with Crippen molar-refractivity contribution < 1.29 is 0 Å². The van der Waals surface area contributed by atoms with E-state index in [2.05, 4.69) is 41.3 Å². The Labute approximate surface area is 101 Å². The van der Waals surface area contributed by atoms with Gasteiger partial charge in [0.2, 0.25) is 0 Å². The molecule has 0 spiro atoms. The molecule has 0 bridgehead atoms. The lowest BCUT2D eigenvalue weighted by atomic mass is 10.1. The van der Waals surface area contributed by atoms with Gasteiger partial charge in [-0.1, -0.05) is 29.8 Å². The van der Waals surface area contributed by atoms with Crippen LogP contribution >= 0.6 is 0 Å². The lowest BCUT2D eigenvalue weighted by Gasteiger charge is -2.17. The molecule has 1 unspecified atom stereocenters. The van der Waals surface area contributed by atoms with Gasteiger partial charge < -0.3 is 5.73 Å². The molecule has 0 saturated heterocycles. The highest BCUT2D eigenvalue weighted by atomic mass is 15.4. The summed E-state index contributed by atoms with van der Waals surface area (Å²) in [5.41, 5.74) is 8.28. The summed E-state index contributed by atoms with van der Waals surface area (Å²) in [5, 5.41) is 4.41. The van der Waals surface area contributed by atoms with Gasteiger partial charge in [-0.25, -0.2) is 9.67 Å². The monoisotopic (exact) mass is 230 g/mol. The fourth-order valence-corrected chi connectivity index (χ4v) is 2.00. The zero-order chi connectivity index (χ0) is 12.4. The molecule has 0 fully saturated rings. The smallest absolute Gasteiger partial charge is 0.147 e. The third-order valence-corrected chi connectivity index (χ3v) is 2.89. The van der Waals surface area contributed by atoms with Crippen molar-refractivity contribution in [2.24, 2.45) is 5.73 Å². The van der Waals surface area contributed by atoms with Crippen molar-refractivity contribution in [3.63, 3.8) is 0 Å². The molecule has 0 aliphatic heterocycles. The first-order valence-corrected chi connectivity index (χ1v) is 5.78. The van der Waals surface area contributed by atoms with Crippen LogP contribution in [0.3, 0.4) is 0 Å². The summed E-state index contributed by atoms with van der Waals surface area (Å²) in [7, 11) is 0. The van der Waals surface area contributed by atoms with Crippen molar-refractivity contribution in [3.05, 3.63) is 47.0 Å². The summed E-state index contributed by atoms with van der Waals surface area (Å²) in [5.74, 6) is 1.69. The number of rotatable bonds is 3. The molecule has 1 aromatic heterocycles. The van der Waals surface area contributed by atoms with Crippen molar-refractivity contribution in [1.29, 1.82) is 0 Å². The van der Waals surface area contributed by atoms with Gasteiger partial charge in [-0.15, -0.1) is 0 Å². The van der Waals surface area contributed by atoms with Crippen molar-refractivity contribution in [2.45, 2.75) is 26.8 Å². The van der Waals surface area contributed by atoms with Gasteiger partial charge in [-0.3, -0.25) is 0 Å². The molecule has 2 rings (SSSR count). The Hall–Kier alpha value is -1.68. The molecular formula is C13H18N4. The van der Waals surface area contributed by atoms with Crippen LogP contribution in [0.5, 0.6) is 0 Å². The first kappa shape index (κ1) is 11.8. The summed E-state index contributed by atoms with van der Waals surface area (Å²) >= 11 is 0. The van der Waals surface area contributed by atoms with Gasteiger partial charge in [0.15, 0.2) is 0 Å². The molecule has 17 heavy (non-hydrogen) atoms. The molecular weight excluding hydrogens is 212 g/mol. The molecule has 4 heteroatoms. The van der Waals surface area contributed by atoms with E-state index in [1.807, 2.05) is 18.5 Å². The van der Waals surface area contributed by atoms with Gasteiger partial charge in [-0.05, 0) is 26.3 Å². The fourth-order valence-electron chi connectivity index (χ4n) is 2.00. The molecule has 2 aromatic rings. The van der Waals surface area contributed by atoms with Gasteiger partial charge in [0.25, 0.3) is 0 Å². The second kappa shape index (κ2) is 4.67. The number of hydrogen-bond donors (Lipinski definition) is 1. The average Bonchev–Trinajstić information content (AvgIpc) is 2.62. The van der Waals surface area contributed by atoms with E-state index >= 15 is 0 Å². The molecule has 2 N–H and O–H groups in total. The number of hydrogen-bond acceptors (Lipinski definition) is 3. The van der Waals surface area contributed by atoms with Crippen LogP contribution in [0.15, 0.2) is 24.3 Å². The van der Waals surface area contributed by atoms with Crippen LogP contribution in [-0.4, -0.2) is 21.3 Å². The predicted octanol–water partition coefficient (Wildman–Crippen LogP) is 1.75. The molecule has 0 radical (unpaired) electrons. The Bertz CT molecular complexity index is 499. The Morgan fingerprint density at radius 3 is 2.29 bits per heavy atom. The molecule has 90 valence electrons. The summed E-state index contributed by atoms with van der Waals surface area (Å²) in [6.45, 7) is 6.45. The Balaban J connectivity index is 2.39. The minimum Gasteiger partial charge on any atom is -0.328 e. The van der Waals surface area contributed by atoms with Crippen molar-refractivity contribution in [2.75, 3.05) is 6.54 Å². The van der Waals surface area contributed by atoms with Crippen LogP contribution in [0.1, 0.15) is 28.8 Å². The van der Waals surface area contributed by atoms with Gasteiger partial charge in [0.05, 0.1) is 6.04 Å². The minimum atomic E-state index is 0.0665. The summed E-state index contributed by atoms with van der Waals surface area (Å²) in [6, 6.07) is 8.46. The predicted molar refractivity (Wildman–Crippen MR) is 67.9 cm³/mol. The maximum absolute atomic E-state index is 5.86. The molecule has 0 amide bonds. The van der Waals surface area contributed by atoms with E-state index < -0.39 is 0 Å². The lowest BCUT2D eigenvalue weighted by molar-refractivity contribution is 0.514. The number of aryl methyl sites for hydroxylation is 3. The van der Waals surface area contributed by atoms with Crippen LogP contribution in [0.4, 0.5) is 0 Å². The number of benzene rings is 1. The van der Waals surface area contributed by atoms with Crippen LogP contribution < -0.4 is 5.73 Å². The van der Waals surface area contributed by atoms with E-state index in [4.69, 9.17) is 5.73 Å². The van der Waals surface area contributed by atoms with Gasteiger partial charge in [0.1, 0.15) is 11.6 Å². The standard InChI is InChI=1S/C13H18N4/c1-9-4-6-12(7-5-9)13(8-14)17-11(3)15-10(2)16-17/h4-7,13H,8,14H2,1-3H3. The summed E-state index contributed by atoms with van der Waals surface area (Å²) in [4.78, 5) is 4.32. The second-order valence-corrected chi connectivity index (χ2v) is 4.31. The third kappa shape index (κ3) is 2.36. The van der Waals surface area contributed by atoms with Crippen molar-refractivity contribution in [1.82, 2.24) is 14.8 Å². The highest BCUT2D eigenvalue weighted by Crippen LogP contribution is 2.18. The number of nitrogens with zero attached hydrogens (tertiary/aromatic N) is 3. The van der Waals surface area contributed by atoms with Crippen LogP contribution in [0.2, 0.25) is 0 Å². The first-order chi connectivity index (χ1) is 8.11. The lowest BCUT2D eigenvalue weighted by Crippen LogP contribution is -2.22. The average molecular weight is 230 g/mol. The zero-order valence-electron chi connectivity index (χ0n) is 10.5. The highest BCUT2D eigenvalue weighted by Gasteiger charge is 2.15. The zero-order valence-corrected chi connectivity index (χ0v) is 10.5. The molecule has 0 aliphatic rings. The molecule has 1 heterocycles. The fraction of sp³-hybridized carbons (Fsp3) is 0.385. The molecule has 0 aliphatic carbocycles. The van der Waals surface area contributed by atoms with E-state index in [-0.39, 0.29) is 6.04 Å². The maximum atomic E-state index is 5.86. The van der Waals surface area contributed by atoms with Crippen LogP contribution in [-0.2, 0) is 0 Å². The van der Waals surface area contributed by atoms with E-state index in [1.54, 1.807) is 0 Å². The molecule has 1 aromatic carbocycles. The Morgan fingerprint density at radius 1 is 1.18 bits per heavy atom. The molecule has 0 saturated carbocycles. The van der Waals surface area contributed by atoms with E-state index in [0.29, 0.717) is 6.54 Å². The first-order valence-electron chi connectivity index (χ1n) is 5.78. The minimum absolute atomic E-state index is 0.0665. The van der Waals surface area contributed by atoms with E-state index in [0.717, 1.165) is 11.6 Å². The van der Waals surface area contributed by atoms with E-state index in [1.165, 1.54) is 11.1 Å². The van der Waals surface area contributed by atoms with Crippen molar-refractivity contribution in [3.8, 4) is 0 Å². The second-order valence-electron chi connectivity index (χ2n) is 4.31. The largest absolute Gasteiger partial charge is 0.328 e. The SMILES string of the molecule is Cc1ccc(C(CN)n2nc(C)nc2C)cc1. The van der Waals surface area contributed by atoms with Crippen LogP contribution in [0, 0.1) is 20.8 Å². The van der Waals surface area contributed by atoms with Gasteiger partial charge >= 0.3 is 0 Å². The Kier molecular flexibility index (Phi) is 3.24. The highest BCUT2D eigenvalue weighted by molar-refractivity contribution is 5.25. The normalized spacial score (nSPS) is 12.7. The number of aromatic nitrogens is 3. The third-order valence-electron chi connectivity index (χ3n) is 2.89. The summed E-state index contributed by atoms with van der Waals surface area (Å²) in [6.07, 6.45) is 0. The van der Waals surface area contributed by atoms with Crippen LogP contribution in [0.25, 0.3) is 0 Å². The number of nitrogens with two attached hydrogens (primary N) is 1. The topological polar surface area (TPSA) is 56.7 Å². The summed E-state index contributed by atoms with van der Waals surface area (Å²) < 4.78 is 1.90.